The van der Waals surface area contributed by atoms with Gasteiger partial charge in [-0.05, 0) is 25.8 Å². The largest absolute Gasteiger partial charge is 0.348 e. The van der Waals surface area contributed by atoms with Gasteiger partial charge in [-0.1, -0.05) is 20.3 Å². The molecule has 0 aliphatic rings. The number of aryl methyl sites for hydroxylation is 2. The van der Waals surface area contributed by atoms with E-state index in [1.54, 1.807) is 6.07 Å². The van der Waals surface area contributed by atoms with Crippen LogP contribution in [0.5, 0.6) is 0 Å². The molecule has 0 fully saturated rings. The Kier molecular flexibility index (Phi) is 5.71. The summed E-state index contributed by atoms with van der Waals surface area (Å²) in [5.41, 5.74) is 7.73. The monoisotopic (exact) mass is 250 g/mol. The smallest absolute Gasteiger partial charge is 0.253 e. The highest BCUT2D eigenvalue weighted by Gasteiger charge is 2.16. The van der Waals surface area contributed by atoms with Crippen molar-refractivity contribution in [3.8, 4) is 0 Å². The Balaban J connectivity index is 2.85. The van der Waals surface area contributed by atoms with Crippen LogP contribution in [0, 0.1) is 6.92 Å². The molecule has 0 bridgehead atoms. The molecule has 3 N–H and O–H groups in total. The normalized spacial score (nSPS) is 12.2. The Hall–Kier alpha value is -1.49. The molecule has 0 radical (unpaired) electrons. The van der Waals surface area contributed by atoms with Gasteiger partial charge in [0.15, 0.2) is 0 Å². The summed E-state index contributed by atoms with van der Waals surface area (Å²) >= 11 is 0. The van der Waals surface area contributed by atoms with Crippen LogP contribution in [-0.2, 0) is 6.42 Å². The fourth-order valence-corrected chi connectivity index (χ4v) is 1.83. The zero-order chi connectivity index (χ0) is 13.5. The van der Waals surface area contributed by atoms with E-state index in [1.165, 1.54) is 0 Å². The molecule has 1 heterocycles. The van der Waals surface area contributed by atoms with E-state index in [9.17, 15) is 4.79 Å². The Morgan fingerprint density at radius 2 is 2.17 bits per heavy atom. The number of nitrogens with two attached hydrogens (primary N) is 1. The Bertz CT molecular complexity index is 406. The number of nitrogens with zero attached hydrogens (tertiary/aromatic N) is 2. The van der Waals surface area contributed by atoms with Crippen LogP contribution in [0.15, 0.2) is 6.07 Å². The van der Waals surface area contributed by atoms with Crippen LogP contribution in [0.3, 0.4) is 0 Å². The maximum absolute atomic E-state index is 12.2. The van der Waals surface area contributed by atoms with Crippen molar-refractivity contribution in [3.63, 3.8) is 0 Å². The van der Waals surface area contributed by atoms with E-state index in [0.29, 0.717) is 18.5 Å². The summed E-state index contributed by atoms with van der Waals surface area (Å²) in [6, 6.07) is 1.81. The van der Waals surface area contributed by atoms with Gasteiger partial charge < -0.3 is 11.1 Å². The summed E-state index contributed by atoms with van der Waals surface area (Å²) in [6.07, 6.45) is 2.58. The van der Waals surface area contributed by atoms with Gasteiger partial charge >= 0.3 is 0 Å². The summed E-state index contributed by atoms with van der Waals surface area (Å²) in [6.45, 7) is 6.32. The van der Waals surface area contributed by atoms with Crippen molar-refractivity contribution in [2.75, 3.05) is 6.54 Å². The second-order valence-corrected chi connectivity index (χ2v) is 4.39. The van der Waals surface area contributed by atoms with E-state index >= 15 is 0 Å². The number of aromatic nitrogens is 2. The van der Waals surface area contributed by atoms with Crippen molar-refractivity contribution < 1.29 is 4.79 Å². The number of hydrogen-bond acceptors (Lipinski definition) is 4. The maximum atomic E-state index is 12.2. The summed E-state index contributed by atoms with van der Waals surface area (Å²) in [5.74, 6) is -0.103. The highest BCUT2D eigenvalue weighted by atomic mass is 16.1. The molecule has 0 aliphatic carbocycles. The van der Waals surface area contributed by atoms with Crippen LogP contribution < -0.4 is 11.1 Å². The summed E-state index contributed by atoms with van der Waals surface area (Å²) in [5, 5.41) is 11.0. The van der Waals surface area contributed by atoms with Crippen molar-refractivity contribution in [2.45, 2.75) is 46.1 Å². The molecule has 5 nitrogen and oxygen atoms in total. The zero-order valence-electron chi connectivity index (χ0n) is 11.4. The lowest BCUT2D eigenvalue weighted by Crippen LogP contribution is -2.40. The third-order valence-corrected chi connectivity index (χ3v) is 2.83. The van der Waals surface area contributed by atoms with Gasteiger partial charge in [-0.3, -0.25) is 4.79 Å². The van der Waals surface area contributed by atoms with Gasteiger partial charge in [0.25, 0.3) is 5.91 Å². The van der Waals surface area contributed by atoms with Gasteiger partial charge in [0, 0.05) is 12.6 Å². The van der Waals surface area contributed by atoms with E-state index in [2.05, 4.69) is 22.4 Å². The molecular formula is C13H22N4O. The summed E-state index contributed by atoms with van der Waals surface area (Å²) in [7, 11) is 0. The van der Waals surface area contributed by atoms with Crippen LogP contribution in [0.25, 0.3) is 0 Å². The molecule has 1 amide bonds. The molecule has 100 valence electrons. The Morgan fingerprint density at radius 1 is 1.44 bits per heavy atom. The summed E-state index contributed by atoms with van der Waals surface area (Å²) in [4.78, 5) is 12.2. The van der Waals surface area contributed by atoms with Crippen LogP contribution in [-0.4, -0.2) is 28.7 Å². The summed E-state index contributed by atoms with van der Waals surface area (Å²) < 4.78 is 0. The van der Waals surface area contributed by atoms with E-state index in [-0.39, 0.29) is 11.9 Å². The SMILES string of the molecule is CCCC(CN)NC(=O)c1cc(C)nnc1CC. The van der Waals surface area contributed by atoms with Crippen molar-refractivity contribution in [3.05, 3.63) is 23.0 Å². The first kappa shape index (κ1) is 14.6. The first-order valence-electron chi connectivity index (χ1n) is 6.46. The lowest BCUT2D eigenvalue weighted by molar-refractivity contribution is 0.0934. The first-order valence-corrected chi connectivity index (χ1v) is 6.46. The molecule has 1 aromatic rings. The number of carbonyl (C=O) groups is 1. The van der Waals surface area contributed by atoms with Crippen molar-refractivity contribution in [1.29, 1.82) is 0 Å². The minimum Gasteiger partial charge on any atom is -0.348 e. The predicted octanol–water partition coefficient (Wildman–Crippen LogP) is 1.20. The van der Waals surface area contributed by atoms with Crippen molar-refractivity contribution >= 4 is 5.91 Å². The van der Waals surface area contributed by atoms with E-state index < -0.39 is 0 Å². The van der Waals surface area contributed by atoms with Gasteiger partial charge in [-0.2, -0.15) is 10.2 Å². The third kappa shape index (κ3) is 3.77. The Morgan fingerprint density at radius 3 is 2.72 bits per heavy atom. The number of hydrogen-bond donors (Lipinski definition) is 2. The Labute approximate surface area is 108 Å². The van der Waals surface area contributed by atoms with Gasteiger partial charge in [-0.15, -0.1) is 0 Å². The molecule has 0 saturated heterocycles. The van der Waals surface area contributed by atoms with Gasteiger partial charge in [0.05, 0.1) is 17.0 Å². The quantitative estimate of drug-likeness (QED) is 0.795. The first-order chi connectivity index (χ1) is 8.62. The van der Waals surface area contributed by atoms with E-state index in [1.807, 2.05) is 13.8 Å². The van der Waals surface area contributed by atoms with E-state index in [4.69, 9.17) is 5.73 Å². The van der Waals surface area contributed by atoms with Gasteiger partial charge in [0.1, 0.15) is 0 Å². The lowest BCUT2D eigenvalue weighted by Gasteiger charge is -2.16. The van der Waals surface area contributed by atoms with E-state index in [0.717, 1.165) is 24.2 Å². The molecule has 18 heavy (non-hydrogen) atoms. The molecule has 5 heteroatoms. The zero-order valence-corrected chi connectivity index (χ0v) is 11.4. The fraction of sp³-hybridized carbons (Fsp3) is 0.615. The molecule has 0 saturated carbocycles. The third-order valence-electron chi connectivity index (χ3n) is 2.83. The maximum Gasteiger partial charge on any atom is 0.253 e. The molecule has 1 rings (SSSR count). The predicted molar refractivity (Wildman–Crippen MR) is 71.4 cm³/mol. The molecule has 0 aromatic carbocycles. The fourth-order valence-electron chi connectivity index (χ4n) is 1.83. The number of rotatable bonds is 6. The molecule has 1 unspecified atom stereocenters. The van der Waals surface area contributed by atoms with Crippen LogP contribution >= 0.6 is 0 Å². The minimum atomic E-state index is -0.103. The van der Waals surface area contributed by atoms with Crippen LogP contribution in [0.2, 0.25) is 0 Å². The number of nitrogens with one attached hydrogen (secondary N) is 1. The lowest BCUT2D eigenvalue weighted by atomic mass is 10.1. The number of amides is 1. The highest BCUT2D eigenvalue weighted by molar-refractivity contribution is 5.95. The van der Waals surface area contributed by atoms with Gasteiger partial charge in [0.2, 0.25) is 0 Å². The second kappa shape index (κ2) is 7.06. The van der Waals surface area contributed by atoms with Crippen LogP contribution in [0.4, 0.5) is 0 Å². The molecule has 1 aromatic heterocycles. The average molecular weight is 250 g/mol. The van der Waals surface area contributed by atoms with Crippen LogP contribution in [0.1, 0.15) is 48.4 Å². The number of carbonyl (C=O) groups excluding carboxylic acids is 1. The highest BCUT2D eigenvalue weighted by Crippen LogP contribution is 2.08. The molecular weight excluding hydrogens is 228 g/mol. The van der Waals surface area contributed by atoms with Crippen molar-refractivity contribution in [2.24, 2.45) is 5.73 Å². The van der Waals surface area contributed by atoms with Crippen molar-refractivity contribution in [1.82, 2.24) is 15.5 Å². The molecule has 0 spiro atoms. The minimum absolute atomic E-state index is 0.0284. The standard InChI is InChI=1S/C13H22N4O/c1-4-6-10(8-14)15-13(18)11-7-9(3)16-17-12(11)5-2/h7,10H,4-6,8,14H2,1-3H3,(H,15,18). The topological polar surface area (TPSA) is 80.9 Å². The van der Waals surface area contributed by atoms with Gasteiger partial charge in [-0.25, -0.2) is 0 Å². The second-order valence-electron chi connectivity index (χ2n) is 4.39. The molecule has 1 atom stereocenters. The average Bonchev–Trinajstić information content (AvgIpc) is 2.38. The molecule has 0 aliphatic heterocycles.